The molecule has 2 heterocycles. The average molecular weight is 377 g/mol. The van der Waals surface area contributed by atoms with Crippen LogP contribution in [0.25, 0.3) is 22.0 Å². The fraction of sp³-hybridized carbons (Fsp3) is 0.364. The molecule has 146 valence electrons. The van der Waals surface area contributed by atoms with Gasteiger partial charge in [-0.1, -0.05) is 6.07 Å². The van der Waals surface area contributed by atoms with Gasteiger partial charge in [0.2, 0.25) is 5.95 Å². The Morgan fingerprint density at radius 3 is 2.68 bits per heavy atom. The Hall–Kier alpha value is -2.86. The summed E-state index contributed by atoms with van der Waals surface area (Å²) in [5.74, 6) is 1.49. The summed E-state index contributed by atoms with van der Waals surface area (Å²) < 4.78 is 5.46. The number of piperidine rings is 1. The lowest BCUT2D eigenvalue weighted by Crippen LogP contribution is -2.36. The summed E-state index contributed by atoms with van der Waals surface area (Å²) in [6.45, 7) is 2.24. The molecule has 0 radical (unpaired) electrons. The number of fused-ring (bicyclic) bond motifs is 1. The first-order chi connectivity index (χ1) is 13.7. The van der Waals surface area contributed by atoms with E-state index in [1.165, 1.54) is 10.8 Å². The lowest BCUT2D eigenvalue weighted by Gasteiger charge is -2.30. The van der Waals surface area contributed by atoms with Crippen LogP contribution in [0.1, 0.15) is 12.8 Å². The summed E-state index contributed by atoms with van der Waals surface area (Å²) in [6, 6.07) is 13.0. The van der Waals surface area contributed by atoms with Crippen LogP contribution < -0.4 is 15.4 Å². The number of hydrogen-bond donors (Lipinski definition) is 2. The third kappa shape index (κ3) is 3.87. The molecular formula is C22H27N5O. The summed E-state index contributed by atoms with van der Waals surface area (Å²) in [6.07, 6.45) is 4.07. The Balaban J connectivity index is 1.77. The zero-order valence-corrected chi connectivity index (χ0v) is 16.7. The maximum atomic E-state index is 5.46. The Morgan fingerprint density at radius 1 is 1.11 bits per heavy atom. The second-order valence-electron chi connectivity index (χ2n) is 7.35. The SMILES string of the molecule is CNc1nccc(-c2cc(NC3CCN(C)CC3)c3cc(OC)ccc3c2)n1. The molecule has 6 heteroatoms. The highest BCUT2D eigenvalue weighted by molar-refractivity contribution is 5.98. The minimum atomic E-state index is 0.471. The van der Waals surface area contributed by atoms with Crippen LogP contribution in [0.3, 0.4) is 0 Å². The number of ether oxygens (including phenoxy) is 1. The molecule has 2 aromatic carbocycles. The number of likely N-dealkylation sites (tertiary alicyclic amines) is 1. The van der Waals surface area contributed by atoms with E-state index < -0.39 is 0 Å². The highest BCUT2D eigenvalue weighted by atomic mass is 16.5. The van der Waals surface area contributed by atoms with E-state index in [1.807, 2.05) is 19.2 Å². The normalized spacial score (nSPS) is 15.5. The van der Waals surface area contributed by atoms with Crippen molar-refractivity contribution in [1.29, 1.82) is 0 Å². The van der Waals surface area contributed by atoms with Crippen molar-refractivity contribution in [3.05, 3.63) is 42.6 Å². The van der Waals surface area contributed by atoms with E-state index in [0.29, 0.717) is 12.0 Å². The first-order valence-corrected chi connectivity index (χ1v) is 9.74. The van der Waals surface area contributed by atoms with E-state index >= 15 is 0 Å². The first-order valence-electron chi connectivity index (χ1n) is 9.74. The molecule has 0 spiro atoms. The van der Waals surface area contributed by atoms with Crippen molar-refractivity contribution >= 4 is 22.4 Å². The zero-order valence-electron chi connectivity index (χ0n) is 16.7. The van der Waals surface area contributed by atoms with Crippen molar-refractivity contribution in [2.24, 2.45) is 0 Å². The van der Waals surface area contributed by atoms with Gasteiger partial charge < -0.3 is 20.3 Å². The summed E-state index contributed by atoms with van der Waals surface area (Å²) >= 11 is 0. The number of rotatable bonds is 5. The Labute approximate surface area is 165 Å². The molecule has 3 aromatic rings. The molecule has 0 atom stereocenters. The second-order valence-corrected chi connectivity index (χ2v) is 7.35. The van der Waals surface area contributed by atoms with Gasteiger partial charge in [0.05, 0.1) is 12.8 Å². The predicted molar refractivity (Wildman–Crippen MR) is 115 cm³/mol. The molecule has 0 bridgehead atoms. The molecule has 0 amide bonds. The zero-order chi connectivity index (χ0) is 19.5. The minimum absolute atomic E-state index is 0.471. The van der Waals surface area contributed by atoms with Gasteiger partial charge in [-0.25, -0.2) is 9.97 Å². The number of nitrogens with zero attached hydrogens (tertiary/aromatic N) is 3. The van der Waals surface area contributed by atoms with E-state index in [2.05, 4.69) is 56.8 Å². The Bertz CT molecular complexity index is 966. The van der Waals surface area contributed by atoms with Crippen molar-refractivity contribution in [1.82, 2.24) is 14.9 Å². The Kier molecular flexibility index (Phi) is 5.30. The van der Waals surface area contributed by atoms with Crippen molar-refractivity contribution in [2.45, 2.75) is 18.9 Å². The van der Waals surface area contributed by atoms with Gasteiger partial charge in [0.15, 0.2) is 0 Å². The summed E-state index contributed by atoms with van der Waals surface area (Å²) in [5.41, 5.74) is 3.11. The number of nitrogens with one attached hydrogen (secondary N) is 2. The lowest BCUT2D eigenvalue weighted by atomic mass is 10.00. The van der Waals surface area contributed by atoms with Crippen LogP contribution >= 0.6 is 0 Å². The predicted octanol–water partition coefficient (Wildman–Crippen LogP) is 3.85. The monoisotopic (exact) mass is 377 g/mol. The first kappa shape index (κ1) is 18.5. The van der Waals surface area contributed by atoms with Gasteiger partial charge in [-0.15, -0.1) is 0 Å². The topological polar surface area (TPSA) is 62.3 Å². The van der Waals surface area contributed by atoms with E-state index in [4.69, 9.17) is 4.74 Å². The van der Waals surface area contributed by atoms with E-state index in [0.717, 1.165) is 48.6 Å². The van der Waals surface area contributed by atoms with Crippen LogP contribution in [0.15, 0.2) is 42.6 Å². The molecule has 0 aliphatic carbocycles. The smallest absolute Gasteiger partial charge is 0.222 e. The molecule has 28 heavy (non-hydrogen) atoms. The van der Waals surface area contributed by atoms with Gasteiger partial charge in [-0.2, -0.15) is 0 Å². The van der Waals surface area contributed by atoms with Gasteiger partial charge in [0, 0.05) is 35.9 Å². The fourth-order valence-electron chi connectivity index (χ4n) is 3.74. The van der Waals surface area contributed by atoms with E-state index in [-0.39, 0.29) is 0 Å². The van der Waals surface area contributed by atoms with Crippen LogP contribution in [0.5, 0.6) is 5.75 Å². The van der Waals surface area contributed by atoms with Crippen molar-refractivity contribution in [3.63, 3.8) is 0 Å². The second kappa shape index (κ2) is 8.02. The van der Waals surface area contributed by atoms with Crippen LogP contribution in [0.2, 0.25) is 0 Å². The van der Waals surface area contributed by atoms with Gasteiger partial charge in [0.1, 0.15) is 5.75 Å². The Morgan fingerprint density at radius 2 is 1.93 bits per heavy atom. The highest BCUT2D eigenvalue weighted by Gasteiger charge is 2.18. The van der Waals surface area contributed by atoms with Crippen molar-refractivity contribution < 1.29 is 4.74 Å². The van der Waals surface area contributed by atoms with Gasteiger partial charge in [-0.3, -0.25) is 0 Å². The minimum Gasteiger partial charge on any atom is -0.497 e. The number of aromatic nitrogens is 2. The summed E-state index contributed by atoms with van der Waals surface area (Å²) in [5, 5.41) is 9.14. The number of benzene rings is 2. The molecule has 4 rings (SSSR count). The van der Waals surface area contributed by atoms with Gasteiger partial charge >= 0.3 is 0 Å². The molecule has 1 saturated heterocycles. The van der Waals surface area contributed by atoms with Gasteiger partial charge in [0.25, 0.3) is 0 Å². The van der Waals surface area contributed by atoms with Crippen LogP contribution in [0, 0.1) is 0 Å². The molecule has 1 aromatic heterocycles. The van der Waals surface area contributed by atoms with Crippen LogP contribution in [-0.4, -0.2) is 55.2 Å². The fourth-order valence-corrected chi connectivity index (χ4v) is 3.74. The number of anilines is 2. The standard InChI is InChI=1S/C22H27N5O/c1-23-22-24-9-6-20(26-22)16-12-15-4-5-18(28-3)14-19(15)21(13-16)25-17-7-10-27(2)11-8-17/h4-6,9,12-14,17,25H,7-8,10-11H2,1-3H3,(H,23,24,26). The lowest BCUT2D eigenvalue weighted by molar-refractivity contribution is 0.264. The third-order valence-corrected chi connectivity index (χ3v) is 5.41. The van der Waals surface area contributed by atoms with Crippen molar-refractivity contribution in [2.75, 3.05) is 44.9 Å². The van der Waals surface area contributed by atoms with Crippen LogP contribution in [-0.2, 0) is 0 Å². The molecule has 1 fully saturated rings. The largest absolute Gasteiger partial charge is 0.497 e. The third-order valence-electron chi connectivity index (χ3n) is 5.41. The van der Waals surface area contributed by atoms with Crippen molar-refractivity contribution in [3.8, 4) is 17.0 Å². The summed E-state index contributed by atoms with van der Waals surface area (Å²) in [7, 11) is 5.73. The van der Waals surface area contributed by atoms with E-state index in [1.54, 1.807) is 13.3 Å². The molecule has 2 N–H and O–H groups in total. The number of hydrogen-bond acceptors (Lipinski definition) is 6. The van der Waals surface area contributed by atoms with E-state index in [9.17, 15) is 0 Å². The summed E-state index contributed by atoms with van der Waals surface area (Å²) in [4.78, 5) is 11.2. The number of methoxy groups -OCH3 is 1. The average Bonchev–Trinajstić information content (AvgIpc) is 2.75. The molecule has 1 aliphatic rings. The molecule has 0 unspecified atom stereocenters. The molecule has 0 saturated carbocycles. The highest BCUT2D eigenvalue weighted by Crippen LogP contribution is 2.34. The molecule has 6 nitrogen and oxygen atoms in total. The molecular weight excluding hydrogens is 350 g/mol. The van der Waals surface area contributed by atoms with Gasteiger partial charge in [-0.05, 0) is 68.7 Å². The maximum Gasteiger partial charge on any atom is 0.222 e. The molecule has 1 aliphatic heterocycles. The maximum absolute atomic E-state index is 5.46. The quantitative estimate of drug-likeness (QED) is 0.704. The van der Waals surface area contributed by atoms with Crippen LogP contribution in [0.4, 0.5) is 11.6 Å².